The fourth-order valence-electron chi connectivity index (χ4n) is 3.79. The number of carbonyl (C=O) groups excluding carboxylic acids is 1. The number of rotatable bonds is 4. The van der Waals surface area contributed by atoms with Gasteiger partial charge in [0.05, 0.1) is 16.7 Å². The minimum absolute atomic E-state index is 0.00270. The number of carbonyl (C=O) groups is 1. The van der Waals surface area contributed by atoms with E-state index in [9.17, 15) is 44.3 Å². The first-order chi connectivity index (χ1) is 16.1. The van der Waals surface area contributed by atoms with E-state index < -0.39 is 53.7 Å². The van der Waals surface area contributed by atoms with Crippen LogP contribution in [-0.4, -0.2) is 43.5 Å². The van der Waals surface area contributed by atoms with Crippen molar-refractivity contribution in [2.24, 2.45) is 0 Å². The summed E-state index contributed by atoms with van der Waals surface area (Å²) in [5.41, 5.74) is -3.90. The topological polar surface area (TPSA) is 35.6 Å². The fraction of sp³-hybridized carbons (Fsp3) is 0.409. The molecule has 1 saturated heterocycles. The molecule has 1 amide bonds. The van der Waals surface area contributed by atoms with E-state index in [-0.39, 0.29) is 24.7 Å². The number of amides is 1. The third kappa shape index (κ3) is 6.38. The summed E-state index contributed by atoms with van der Waals surface area (Å²) in [7, 11) is 1.23. The van der Waals surface area contributed by atoms with E-state index in [1.165, 1.54) is 19.2 Å². The molecule has 0 radical (unpaired) electrons. The number of benzene rings is 2. The van der Waals surface area contributed by atoms with Gasteiger partial charge >= 0.3 is 18.5 Å². The molecule has 1 aliphatic rings. The zero-order valence-corrected chi connectivity index (χ0v) is 18.2. The minimum Gasteiger partial charge on any atom is -0.357 e. The molecule has 1 unspecified atom stereocenters. The van der Waals surface area contributed by atoms with Crippen LogP contribution in [0.4, 0.5) is 45.2 Å². The molecule has 0 bridgehead atoms. The van der Waals surface area contributed by atoms with E-state index in [2.05, 4.69) is 5.32 Å². The quantitative estimate of drug-likeness (QED) is 0.573. The first-order valence-electron chi connectivity index (χ1n) is 10.3. The first kappa shape index (κ1) is 26.6. The van der Waals surface area contributed by atoms with Gasteiger partial charge in [-0.05, 0) is 48.0 Å². The maximum absolute atomic E-state index is 13.1. The van der Waals surface area contributed by atoms with Crippen molar-refractivity contribution in [3.63, 3.8) is 0 Å². The molecular weight excluding hydrogens is 493 g/mol. The average Bonchev–Trinajstić information content (AvgIpc) is 2.76. The van der Waals surface area contributed by atoms with Crippen LogP contribution in [0.1, 0.15) is 22.3 Å². The summed E-state index contributed by atoms with van der Waals surface area (Å²) in [5, 5.41) is 2.96. The molecule has 192 valence electrons. The normalized spacial score (nSPS) is 17.4. The highest BCUT2D eigenvalue weighted by molar-refractivity contribution is 5.85. The molecule has 0 aromatic heterocycles. The molecule has 1 aliphatic heterocycles. The molecule has 13 heteroatoms. The van der Waals surface area contributed by atoms with Gasteiger partial charge in [-0.1, -0.05) is 0 Å². The number of alkyl halides is 9. The Hall–Kier alpha value is -2.96. The van der Waals surface area contributed by atoms with Crippen LogP contribution in [-0.2, 0) is 29.9 Å². The Morgan fingerprint density at radius 1 is 0.886 bits per heavy atom. The molecule has 0 aliphatic carbocycles. The highest BCUT2D eigenvalue weighted by Crippen LogP contribution is 2.37. The van der Waals surface area contributed by atoms with E-state index in [4.69, 9.17) is 0 Å². The molecule has 3 rings (SSSR count). The van der Waals surface area contributed by atoms with E-state index in [1.54, 1.807) is 4.90 Å². The van der Waals surface area contributed by atoms with Gasteiger partial charge in [-0.15, -0.1) is 0 Å². The SMILES string of the molecule is CN(Cc1cc(C(F)(F)F)cc(C(F)(F)F)c1)C(=O)C1CNCCN1c1ccc(C(F)(F)F)cc1. The van der Waals surface area contributed by atoms with Gasteiger partial charge in [-0.25, -0.2) is 0 Å². The fourth-order valence-corrected chi connectivity index (χ4v) is 3.79. The predicted octanol–water partition coefficient (Wildman–Crippen LogP) is 5.18. The molecule has 4 nitrogen and oxygen atoms in total. The summed E-state index contributed by atoms with van der Waals surface area (Å²) in [6, 6.07) is 4.31. The van der Waals surface area contributed by atoms with Gasteiger partial charge in [-0.3, -0.25) is 4.79 Å². The number of halogens is 9. The molecule has 0 spiro atoms. The Bertz CT molecular complexity index is 1010. The van der Waals surface area contributed by atoms with Gasteiger partial charge in [0, 0.05) is 38.9 Å². The maximum atomic E-state index is 13.1. The number of hydrogen-bond donors (Lipinski definition) is 1. The van der Waals surface area contributed by atoms with Crippen molar-refractivity contribution in [1.82, 2.24) is 10.2 Å². The second-order valence-corrected chi connectivity index (χ2v) is 8.07. The van der Waals surface area contributed by atoms with Crippen LogP contribution in [0.15, 0.2) is 42.5 Å². The lowest BCUT2D eigenvalue weighted by Crippen LogP contribution is -2.58. The molecule has 1 N–H and O–H groups in total. The summed E-state index contributed by atoms with van der Waals surface area (Å²) >= 11 is 0. The minimum atomic E-state index is -5.02. The van der Waals surface area contributed by atoms with Crippen molar-refractivity contribution < 1.29 is 44.3 Å². The van der Waals surface area contributed by atoms with Crippen molar-refractivity contribution in [1.29, 1.82) is 0 Å². The molecule has 2 aromatic rings. The number of anilines is 1. The van der Waals surface area contributed by atoms with Crippen molar-refractivity contribution >= 4 is 11.6 Å². The van der Waals surface area contributed by atoms with Crippen LogP contribution in [0.5, 0.6) is 0 Å². The molecular formula is C22H20F9N3O. The lowest BCUT2D eigenvalue weighted by atomic mass is 10.0. The number of likely N-dealkylation sites (N-methyl/N-ethyl adjacent to an activating group) is 1. The van der Waals surface area contributed by atoms with Gasteiger partial charge in [0.15, 0.2) is 0 Å². The van der Waals surface area contributed by atoms with Gasteiger partial charge < -0.3 is 15.1 Å². The zero-order chi connectivity index (χ0) is 26.2. The van der Waals surface area contributed by atoms with Crippen LogP contribution in [0.3, 0.4) is 0 Å². The summed E-state index contributed by atoms with van der Waals surface area (Å²) in [4.78, 5) is 15.6. The van der Waals surface area contributed by atoms with Crippen LogP contribution >= 0.6 is 0 Å². The van der Waals surface area contributed by atoms with Crippen LogP contribution in [0.2, 0.25) is 0 Å². The Labute approximate surface area is 194 Å². The standard InChI is InChI=1S/C22H20F9N3O/c1-33(12-13-8-15(21(26,27)28)10-16(9-13)22(29,30)31)19(35)18-11-32-6-7-34(18)17-4-2-14(3-5-17)20(23,24)25/h2-5,8-10,18,32H,6-7,11-12H2,1H3. The van der Waals surface area contributed by atoms with Crippen LogP contribution in [0, 0.1) is 0 Å². The van der Waals surface area contributed by atoms with E-state index in [0.717, 1.165) is 17.0 Å². The lowest BCUT2D eigenvalue weighted by molar-refractivity contribution is -0.143. The first-order valence-corrected chi connectivity index (χ1v) is 10.3. The molecule has 35 heavy (non-hydrogen) atoms. The molecule has 2 aromatic carbocycles. The van der Waals surface area contributed by atoms with Crippen LogP contribution in [0.25, 0.3) is 0 Å². The number of nitrogens with zero attached hydrogens (tertiary/aromatic N) is 2. The third-order valence-electron chi connectivity index (χ3n) is 5.50. The smallest absolute Gasteiger partial charge is 0.357 e. The van der Waals surface area contributed by atoms with E-state index >= 15 is 0 Å². The maximum Gasteiger partial charge on any atom is 0.416 e. The molecule has 1 atom stereocenters. The molecule has 1 fully saturated rings. The van der Waals surface area contributed by atoms with Crippen LogP contribution < -0.4 is 10.2 Å². The highest BCUT2D eigenvalue weighted by Gasteiger charge is 2.38. The predicted molar refractivity (Wildman–Crippen MR) is 108 cm³/mol. The zero-order valence-electron chi connectivity index (χ0n) is 18.2. The summed E-state index contributed by atoms with van der Waals surface area (Å²) in [5.74, 6) is -0.622. The Kier molecular flexibility index (Phi) is 7.30. The summed E-state index contributed by atoms with van der Waals surface area (Å²) in [6.07, 6.45) is -14.6. The largest absolute Gasteiger partial charge is 0.416 e. The van der Waals surface area contributed by atoms with Crippen molar-refractivity contribution in [2.75, 3.05) is 31.6 Å². The second-order valence-electron chi connectivity index (χ2n) is 8.07. The highest BCUT2D eigenvalue weighted by atomic mass is 19.4. The number of hydrogen-bond acceptors (Lipinski definition) is 3. The monoisotopic (exact) mass is 513 g/mol. The summed E-state index contributed by atoms with van der Waals surface area (Å²) in [6.45, 7) is 0.207. The second kappa shape index (κ2) is 9.59. The molecule has 1 heterocycles. The van der Waals surface area contributed by atoms with Gasteiger partial charge in [0.2, 0.25) is 5.91 Å². The Morgan fingerprint density at radius 3 is 1.89 bits per heavy atom. The average molecular weight is 513 g/mol. The number of piperazine rings is 1. The van der Waals surface area contributed by atoms with Crippen molar-refractivity contribution in [2.45, 2.75) is 31.1 Å². The molecule has 0 saturated carbocycles. The number of nitrogens with one attached hydrogen (secondary N) is 1. The Morgan fingerprint density at radius 2 is 1.40 bits per heavy atom. The van der Waals surface area contributed by atoms with E-state index in [0.29, 0.717) is 24.4 Å². The van der Waals surface area contributed by atoms with E-state index in [1.807, 2.05) is 0 Å². The van der Waals surface area contributed by atoms with Gasteiger partial charge in [0.25, 0.3) is 0 Å². The van der Waals surface area contributed by atoms with Gasteiger partial charge in [0.1, 0.15) is 6.04 Å². The summed E-state index contributed by atoms with van der Waals surface area (Å²) < 4.78 is 117. The van der Waals surface area contributed by atoms with Gasteiger partial charge in [-0.2, -0.15) is 39.5 Å². The van der Waals surface area contributed by atoms with Crippen molar-refractivity contribution in [3.8, 4) is 0 Å². The third-order valence-corrected chi connectivity index (χ3v) is 5.50. The van der Waals surface area contributed by atoms with Crippen molar-refractivity contribution in [3.05, 3.63) is 64.7 Å². The lowest BCUT2D eigenvalue weighted by Gasteiger charge is -2.39. The Balaban J connectivity index is 1.84.